The van der Waals surface area contributed by atoms with Crippen LogP contribution < -0.4 is 4.74 Å². The van der Waals surface area contributed by atoms with Gasteiger partial charge in [0.2, 0.25) is 6.54 Å². The van der Waals surface area contributed by atoms with Crippen LogP contribution in [0.25, 0.3) is 0 Å². The minimum atomic E-state index is -4.17. The van der Waals surface area contributed by atoms with Gasteiger partial charge in [0.15, 0.2) is 0 Å². The van der Waals surface area contributed by atoms with Crippen molar-refractivity contribution >= 4 is 7.60 Å². The molecule has 0 radical (unpaired) electrons. The van der Waals surface area contributed by atoms with Crippen molar-refractivity contribution in [2.75, 3.05) is 26.9 Å². The van der Waals surface area contributed by atoms with Gasteiger partial charge in [-0.2, -0.15) is 0 Å². The maximum Gasteiger partial charge on any atom is 0.373 e. The van der Waals surface area contributed by atoms with Crippen molar-refractivity contribution in [1.29, 1.82) is 0 Å². The van der Waals surface area contributed by atoms with Crippen LogP contribution in [0.5, 0.6) is 5.75 Å². The Morgan fingerprint density at radius 2 is 1.73 bits per heavy atom. The molecule has 1 aromatic rings. The summed E-state index contributed by atoms with van der Waals surface area (Å²) >= 11 is 0. The molecule has 1 rings (SSSR count). The maximum absolute atomic E-state index is 12.9. The van der Waals surface area contributed by atoms with E-state index in [0.717, 1.165) is 0 Å². The van der Waals surface area contributed by atoms with Crippen LogP contribution in [0, 0.1) is 10.1 Å². The molecule has 0 aromatic heterocycles. The summed E-state index contributed by atoms with van der Waals surface area (Å²) in [6.45, 7) is 2.08. The monoisotopic (exact) mass is 333 g/mol. The highest BCUT2D eigenvalue weighted by molar-refractivity contribution is 7.55. The number of rotatable bonds is 9. The Balaban J connectivity index is 3.38. The molecule has 0 bridgehead atoms. The second-order valence-corrected chi connectivity index (χ2v) is 6.62. The number of benzene rings is 1. The minimum Gasteiger partial charge on any atom is -0.497 e. The van der Waals surface area contributed by atoms with Crippen LogP contribution in [0.1, 0.15) is 19.4 Å². The Hall–Kier alpha value is -1.47. The second-order valence-electron chi connectivity index (χ2n) is 4.37. The normalized spacial score (nSPS) is 14.4. The van der Waals surface area contributed by atoms with Crippen molar-refractivity contribution in [3.05, 3.63) is 39.9 Å². The average molecular weight is 333 g/mol. The Labute approximate surface area is 128 Å². The zero-order valence-electron chi connectivity index (χ0n) is 12.7. The van der Waals surface area contributed by atoms with Crippen molar-refractivity contribution in [2.24, 2.45) is 0 Å². The summed E-state index contributed by atoms with van der Waals surface area (Å²) in [4.78, 5) is 10.2. The fraction of sp³-hybridized carbons (Fsp3) is 0.538. The van der Waals surface area contributed by atoms with Crippen molar-refractivity contribution in [1.82, 2.24) is 0 Å². The topological polar surface area (TPSA) is 108 Å². The van der Waals surface area contributed by atoms with E-state index in [2.05, 4.69) is 0 Å². The lowest BCUT2D eigenvalue weighted by Gasteiger charge is -2.31. The average Bonchev–Trinajstić information content (AvgIpc) is 2.47. The molecule has 0 amide bonds. The smallest absolute Gasteiger partial charge is 0.373 e. The van der Waals surface area contributed by atoms with E-state index in [1.807, 2.05) is 0 Å². The van der Waals surface area contributed by atoms with Crippen LogP contribution in [0.2, 0.25) is 0 Å². The van der Waals surface area contributed by atoms with Gasteiger partial charge < -0.3 is 18.9 Å². The standard InChI is InChI=1S/C13H20NO7P/c1-4-20-22(18,21-5-2)13(15,10-14(16)17)11-6-8-12(19-3)9-7-11/h6-9,15H,4-5,10H2,1-3H3. The van der Waals surface area contributed by atoms with Crippen LogP contribution in [0.4, 0.5) is 0 Å². The number of aliphatic hydroxyl groups is 1. The number of hydrogen-bond donors (Lipinski definition) is 1. The summed E-state index contributed by atoms with van der Waals surface area (Å²) < 4.78 is 28.1. The summed E-state index contributed by atoms with van der Waals surface area (Å²) in [6, 6.07) is 5.80. The van der Waals surface area contributed by atoms with Crippen molar-refractivity contribution in [2.45, 2.75) is 19.2 Å². The van der Waals surface area contributed by atoms with Gasteiger partial charge in [-0.25, -0.2) is 0 Å². The largest absolute Gasteiger partial charge is 0.497 e. The fourth-order valence-electron chi connectivity index (χ4n) is 1.96. The van der Waals surface area contributed by atoms with E-state index < -0.39 is 24.4 Å². The first-order chi connectivity index (χ1) is 10.3. The van der Waals surface area contributed by atoms with Gasteiger partial charge in [0.25, 0.3) is 5.34 Å². The van der Waals surface area contributed by atoms with Crippen LogP contribution >= 0.6 is 7.60 Å². The van der Waals surface area contributed by atoms with E-state index in [1.165, 1.54) is 31.4 Å². The molecule has 0 heterocycles. The zero-order chi connectivity index (χ0) is 16.8. The zero-order valence-corrected chi connectivity index (χ0v) is 13.6. The van der Waals surface area contributed by atoms with E-state index in [4.69, 9.17) is 13.8 Å². The minimum absolute atomic E-state index is 0.0204. The lowest BCUT2D eigenvalue weighted by molar-refractivity contribution is -0.496. The van der Waals surface area contributed by atoms with Crippen LogP contribution in [-0.4, -0.2) is 36.9 Å². The number of ether oxygens (including phenoxy) is 1. The molecule has 9 heteroatoms. The van der Waals surface area contributed by atoms with Gasteiger partial charge in [-0.15, -0.1) is 0 Å². The van der Waals surface area contributed by atoms with E-state index in [-0.39, 0.29) is 18.8 Å². The molecule has 1 atom stereocenters. The van der Waals surface area contributed by atoms with E-state index in [1.54, 1.807) is 13.8 Å². The first kappa shape index (κ1) is 18.6. The summed E-state index contributed by atoms with van der Waals surface area (Å²) in [6.07, 6.45) is 0. The van der Waals surface area contributed by atoms with E-state index in [9.17, 15) is 19.8 Å². The third-order valence-corrected chi connectivity index (χ3v) is 5.46. The van der Waals surface area contributed by atoms with E-state index >= 15 is 0 Å². The van der Waals surface area contributed by atoms with Crippen molar-refractivity contribution in [3.8, 4) is 5.75 Å². The second kappa shape index (κ2) is 7.69. The van der Waals surface area contributed by atoms with Gasteiger partial charge in [-0.05, 0) is 26.0 Å². The number of nitro groups is 1. The molecule has 0 spiro atoms. The van der Waals surface area contributed by atoms with Crippen molar-refractivity contribution in [3.63, 3.8) is 0 Å². The molecule has 0 saturated carbocycles. The quantitative estimate of drug-likeness (QED) is 0.420. The maximum atomic E-state index is 12.9. The molecule has 1 N–H and O–H groups in total. The number of hydrogen-bond acceptors (Lipinski definition) is 7. The fourth-order valence-corrected chi connectivity index (χ4v) is 3.90. The summed E-state index contributed by atoms with van der Waals surface area (Å²) in [5.41, 5.74) is 0.0650. The highest BCUT2D eigenvalue weighted by Gasteiger charge is 2.55. The summed E-state index contributed by atoms with van der Waals surface area (Å²) in [7, 11) is -2.71. The molecule has 124 valence electrons. The van der Waals surface area contributed by atoms with Crippen LogP contribution in [0.3, 0.4) is 0 Å². The van der Waals surface area contributed by atoms with Crippen molar-refractivity contribution < 1.29 is 28.4 Å². The predicted molar refractivity (Wildman–Crippen MR) is 79.6 cm³/mol. The molecule has 0 fully saturated rings. The first-order valence-corrected chi connectivity index (χ1v) is 8.25. The highest BCUT2D eigenvalue weighted by atomic mass is 31.2. The van der Waals surface area contributed by atoms with Gasteiger partial charge in [-0.1, -0.05) is 12.1 Å². The van der Waals surface area contributed by atoms with Gasteiger partial charge in [0.05, 0.1) is 20.3 Å². The van der Waals surface area contributed by atoms with Crippen LogP contribution in [-0.2, 0) is 19.0 Å². The Morgan fingerprint density at radius 1 is 1.23 bits per heavy atom. The lowest BCUT2D eigenvalue weighted by Crippen LogP contribution is -2.36. The molecule has 1 aromatic carbocycles. The number of methoxy groups -OCH3 is 1. The Morgan fingerprint density at radius 3 is 2.09 bits per heavy atom. The van der Waals surface area contributed by atoms with Gasteiger partial charge >= 0.3 is 7.60 Å². The molecule has 22 heavy (non-hydrogen) atoms. The molecule has 1 unspecified atom stereocenters. The molecule has 0 aliphatic carbocycles. The predicted octanol–water partition coefficient (Wildman–Crippen LogP) is 2.38. The Bertz CT molecular complexity index is 538. The molecular formula is C13H20NO7P. The lowest BCUT2D eigenvalue weighted by atomic mass is 10.1. The Kier molecular flexibility index (Phi) is 6.49. The molecule has 0 saturated heterocycles. The summed E-state index contributed by atoms with van der Waals surface area (Å²) in [5.74, 6) is 0.495. The molecular weight excluding hydrogens is 313 g/mol. The van der Waals surface area contributed by atoms with E-state index in [0.29, 0.717) is 5.75 Å². The third-order valence-electron chi connectivity index (χ3n) is 2.95. The molecule has 8 nitrogen and oxygen atoms in total. The van der Waals surface area contributed by atoms with Crippen LogP contribution in [0.15, 0.2) is 24.3 Å². The highest BCUT2D eigenvalue weighted by Crippen LogP contribution is 2.63. The third kappa shape index (κ3) is 3.84. The summed E-state index contributed by atoms with van der Waals surface area (Å²) in [5, 5.41) is 19.4. The molecule has 0 aliphatic heterocycles. The SMILES string of the molecule is CCOP(=O)(OCC)C(O)(C[N+](=O)[O-])c1ccc(OC)cc1. The first-order valence-electron chi connectivity index (χ1n) is 6.71. The number of nitrogens with zero attached hydrogens (tertiary/aromatic N) is 1. The van der Waals surface area contributed by atoms with Gasteiger partial charge in [-0.3, -0.25) is 14.7 Å². The van der Waals surface area contributed by atoms with Gasteiger partial charge in [0.1, 0.15) is 5.75 Å². The molecule has 0 aliphatic rings. The van der Waals surface area contributed by atoms with Gasteiger partial charge in [0, 0.05) is 10.5 Å².